The molecule has 0 heterocycles. The number of methoxy groups -OCH3 is 1. The quantitative estimate of drug-likeness (QED) is 0.635. The lowest BCUT2D eigenvalue weighted by Crippen LogP contribution is -2.11. The molecule has 2 nitrogen and oxygen atoms in total. The zero-order valence-corrected chi connectivity index (χ0v) is 7.08. The monoisotopic (exact) mass is 162 g/mol. The van der Waals surface area contributed by atoms with Crippen LogP contribution in [0.25, 0.3) is 0 Å². The number of ether oxygens (including phenoxy) is 1. The van der Waals surface area contributed by atoms with Gasteiger partial charge in [-0.25, -0.2) is 0 Å². The molecule has 1 N–H and O–H groups in total. The highest BCUT2D eigenvalue weighted by atomic mass is 16.5. The summed E-state index contributed by atoms with van der Waals surface area (Å²) in [6.45, 7) is 0.122. The molecule has 0 saturated carbocycles. The number of rotatable bonds is 3. The fraction of sp³-hybridized carbons (Fsp3) is 0.333. The summed E-state index contributed by atoms with van der Waals surface area (Å²) >= 11 is 0. The van der Waals surface area contributed by atoms with E-state index in [0.717, 1.165) is 11.3 Å². The molecular weight excluding hydrogens is 151 g/mol. The first kappa shape index (κ1) is 9.14. The fourth-order valence-corrected chi connectivity index (χ4v) is 1.05. The molecule has 0 spiro atoms. The Hall–Kier alpha value is -0.955. The second-order valence-electron chi connectivity index (χ2n) is 2.54. The van der Waals surface area contributed by atoms with Crippen molar-refractivity contribution in [2.24, 2.45) is 0 Å². The average Bonchev–Trinajstić information content (AvgIpc) is 2.09. The van der Waals surface area contributed by atoms with Gasteiger partial charge in [0.15, 0.2) is 0 Å². The fourth-order valence-electron chi connectivity index (χ4n) is 1.05. The van der Waals surface area contributed by atoms with Crippen LogP contribution >= 0.6 is 0 Å². The van der Waals surface area contributed by atoms with Gasteiger partial charge in [-0.1, -0.05) is 17.1 Å². The maximum absolute atomic E-state index is 8.68. The molecule has 0 aliphatic rings. The van der Waals surface area contributed by atoms with Gasteiger partial charge < -0.3 is 9.84 Å². The Labute approximate surface area is 73.6 Å². The van der Waals surface area contributed by atoms with E-state index in [1.165, 1.54) is 0 Å². The third-order valence-corrected chi connectivity index (χ3v) is 1.73. The molecule has 0 aliphatic heterocycles. The van der Waals surface area contributed by atoms with Crippen molar-refractivity contribution in [3.05, 3.63) is 23.8 Å². The number of aliphatic hydroxyl groups is 1. The highest BCUT2D eigenvalue weighted by Crippen LogP contribution is 2.08. The van der Waals surface area contributed by atoms with Crippen molar-refractivity contribution < 1.29 is 9.84 Å². The third kappa shape index (κ3) is 2.01. The van der Waals surface area contributed by atoms with Gasteiger partial charge in [-0.2, -0.15) is 0 Å². The van der Waals surface area contributed by atoms with Crippen LogP contribution in [0.2, 0.25) is 0 Å². The highest BCUT2D eigenvalue weighted by molar-refractivity contribution is 6.33. The minimum atomic E-state index is 0.122. The van der Waals surface area contributed by atoms with Crippen molar-refractivity contribution in [2.45, 2.75) is 6.42 Å². The summed E-state index contributed by atoms with van der Waals surface area (Å²) in [4.78, 5) is 0. The molecule has 1 rings (SSSR count). The van der Waals surface area contributed by atoms with Gasteiger partial charge in [-0.15, -0.1) is 0 Å². The van der Waals surface area contributed by atoms with E-state index in [4.69, 9.17) is 17.7 Å². The van der Waals surface area contributed by atoms with Gasteiger partial charge in [-0.3, -0.25) is 0 Å². The maximum atomic E-state index is 8.68. The lowest BCUT2D eigenvalue weighted by molar-refractivity contribution is 0.300. The van der Waals surface area contributed by atoms with Crippen LogP contribution in [0, 0.1) is 0 Å². The largest absolute Gasteiger partial charge is 0.497 e. The minimum Gasteiger partial charge on any atom is -0.497 e. The topological polar surface area (TPSA) is 29.5 Å². The van der Waals surface area contributed by atoms with Crippen molar-refractivity contribution in [3.8, 4) is 5.75 Å². The first-order valence-corrected chi connectivity index (χ1v) is 3.81. The molecule has 0 fully saturated rings. The summed E-state index contributed by atoms with van der Waals surface area (Å²) in [7, 11) is 7.29. The number of aliphatic hydroxyl groups excluding tert-OH is 1. The molecule has 12 heavy (non-hydrogen) atoms. The zero-order chi connectivity index (χ0) is 8.97. The van der Waals surface area contributed by atoms with E-state index in [1.807, 2.05) is 12.1 Å². The summed E-state index contributed by atoms with van der Waals surface area (Å²) in [6, 6.07) is 5.46. The molecule has 1 aromatic rings. The van der Waals surface area contributed by atoms with Crippen molar-refractivity contribution in [1.82, 2.24) is 0 Å². The standard InChI is InChI=1S/C9H11BO2/c1-12-8-3-2-7(4-5-11)9(10)6-8/h2-3,6,11H,4-5H2,1H3. The summed E-state index contributed by atoms with van der Waals surface area (Å²) in [6.07, 6.45) is 0.593. The molecule has 3 heteroatoms. The van der Waals surface area contributed by atoms with Crippen LogP contribution in [0.1, 0.15) is 5.56 Å². The van der Waals surface area contributed by atoms with Crippen LogP contribution in [0.3, 0.4) is 0 Å². The smallest absolute Gasteiger partial charge is 0.118 e. The summed E-state index contributed by atoms with van der Waals surface area (Å²) in [5.41, 5.74) is 1.63. The molecule has 1 aromatic carbocycles. The molecule has 2 radical (unpaired) electrons. The highest BCUT2D eigenvalue weighted by Gasteiger charge is 1.98. The maximum Gasteiger partial charge on any atom is 0.118 e. The molecule has 0 atom stereocenters. The first-order chi connectivity index (χ1) is 5.77. The Morgan fingerprint density at radius 2 is 2.25 bits per heavy atom. The van der Waals surface area contributed by atoms with Crippen LogP contribution in [0.15, 0.2) is 18.2 Å². The predicted molar refractivity (Wildman–Crippen MR) is 49.2 cm³/mol. The molecule has 0 unspecified atom stereocenters. The number of benzene rings is 1. The predicted octanol–water partition coefficient (Wildman–Crippen LogP) is 0.0238. The van der Waals surface area contributed by atoms with Gasteiger partial charge in [-0.05, 0) is 18.6 Å². The van der Waals surface area contributed by atoms with Gasteiger partial charge >= 0.3 is 0 Å². The summed E-state index contributed by atoms with van der Waals surface area (Å²) < 4.78 is 4.99. The van der Waals surface area contributed by atoms with Gasteiger partial charge in [0.25, 0.3) is 0 Å². The van der Waals surface area contributed by atoms with E-state index in [-0.39, 0.29) is 6.61 Å². The normalized spacial score (nSPS) is 9.83. The van der Waals surface area contributed by atoms with Crippen LogP contribution in [0.4, 0.5) is 0 Å². The molecule has 62 valence electrons. The number of hydrogen-bond donors (Lipinski definition) is 1. The van der Waals surface area contributed by atoms with Crippen LogP contribution in [0.5, 0.6) is 5.75 Å². The number of hydrogen-bond acceptors (Lipinski definition) is 2. The first-order valence-electron chi connectivity index (χ1n) is 3.81. The van der Waals surface area contributed by atoms with Gasteiger partial charge in [0.05, 0.1) is 7.11 Å². The average molecular weight is 162 g/mol. The lowest BCUT2D eigenvalue weighted by Gasteiger charge is -2.06. The van der Waals surface area contributed by atoms with Gasteiger partial charge in [0.2, 0.25) is 0 Å². The molecule has 0 aliphatic carbocycles. The van der Waals surface area contributed by atoms with Crippen molar-refractivity contribution in [2.75, 3.05) is 13.7 Å². The van der Waals surface area contributed by atoms with Gasteiger partial charge in [0.1, 0.15) is 13.6 Å². The SMILES string of the molecule is [B]c1cc(OC)ccc1CCO. The Balaban J connectivity index is 2.87. The Morgan fingerprint density at radius 3 is 2.75 bits per heavy atom. The molecule has 0 saturated heterocycles. The summed E-state index contributed by atoms with van der Waals surface area (Å²) in [5, 5.41) is 8.68. The Kier molecular flexibility index (Phi) is 3.17. The van der Waals surface area contributed by atoms with Gasteiger partial charge in [0, 0.05) is 6.61 Å². The van der Waals surface area contributed by atoms with E-state index < -0.39 is 0 Å². The molecule has 0 aromatic heterocycles. The molecule has 0 bridgehead atoms. The van der Waals surface area contributed by atoms with Crippen molar-refractivity contribution >= 4 is 13.3 Å². The summed E-state index contributed by atoms with van der Waals surface area (Å²) in [5.74, 6) is 0.745. The third-order valence-electron chi connectivity index (χ3n) is 1.73. The van der Waals surface area contributed by atoms with E-state index >= 15 is 0 Å². The van der Waals surface area contributed by atoms with Crippen LogP contribution in [-0.2, 0) is 6.42 Å². The minimum absolute atomic E-state index is 0.122. The van der Waals surface area contributed by atoms with Crippen LogP contribution in [-0.4, -0.2) is 26.7 Å². The van der Waals surface area contributed by atoms with Crippen LogP contribution < -0.4 is 10.2 Å². The van der Waals surface area contributed by atoms with E-state index in [0.29, 0.717) is 11.9 Å². The van der Waals surface area contributed by atoms with Crippen molar-refractivity contribution in [1.29, 1.82) is 0 Å². The lowest BCUT2D eigenvalue weighted by atomic mass is 9.89. The second kappa shape index (κ2) is 4.17. The van der Waals surface area contributed by atoms with E-state index in [1.54, 1.807) is 13.2 Å². The second-order valence-corrected chi connectivity index (χ2v) is 2.54. The van der Waals surface area contributed by atoms with E-state index in [9.17, 15) is 0 Å². The van der Waals surface area contributed by atoms with Crippen molar-refractivity contribution in [3.63, 3.8) is 0 Å². The van der Waals surface area contributed by atoms with E-state index in [2.05, 4.69) is 0 Å². The Morgan fingerprint density at radius 1 is 1.50 bits per heavy atom. The molecule has 0 amide bonds. The Bertz CT molecular complexity index is 261. The molecular formula is C9H11BO2. The zero-order valence-electron chi connectivity index (χ0n) is 7.08.